The van der Waals surface area contributed by atoms with Gasteiger partial charge in [0, 0.05) is 51.2 Å². The van der Waals surface area contributed by atoms with E-state index in [0.29, 0.717) is 36.1 Å². The third-order valence-electron chi connectivity index (χ3n) is 5.20. The summed E-state index contributed by atoms with van der Waals surface area (Å²) in [6, 6.07) is 7.73. The quantitative estimate of drug-likeness (QED) is 0.138. The van der Waals surface area contributed by atoms with Crippen LogP contribution in [0.3, 0.4) is 0 Å². The molecule has 0 spiro atoms. The lowest BCUT2D eigenvalue weighted by atomic mass is 10.2. The zero-order valence-electron chi connectivity index (χ0n) is 18.7. The first kappa shape index (κ1) is 24.0. The molecule has 2 aromatic rings. The van der Waals surface area contributed by atoms with Crippen LogP contribution in [0.5, 0.6) is 5.75 Å². The minimum Gasteiger partial charge on any atom is -0.482 e. The Balaban J connectivity index is 1.44. The average Bonchev–Trinajstić information content (AvgIpc) is 2.83. The lowest BCUT2D eigenvalue weighted by molar-refractivity contribution is -0.145. The molecule has 3 rings (SSSR count). The first-order valence-corrected chi connectivity index (χ1v) is 10.8. The van der Waals surface area contributed by atoms with Gasteiger partial charge in [0.15, 0.2) is 12.4 Å². The average molecular weight is 458 g/mol. The van der Waals surface area contributed by atoms with Crippen LogP contribution in [0.15, 0.2) is 24.3 Å². The highest BCUT2D eigenvalue weighted by atomic mass is 16.6. The van der Waals surface area contributed by atoms with E-state index in [2.05, 4.69) is 30.5 Å². The largest absolute Gasteiger partial charge is 0.482 e. The van der Waals surface area contributed by atoms with Gasteiger partial charge in [0.05, 0.1) is 12.2 Å². The molecule has 0 unspecified atom stereocenters. The number of carbonyl (C=O) groups is 1. The summed E-state index contributed by atoms with van der Waals surface area (Å²) >= 11 is 0. The highest BCUT2D eigenvalue weighted by Crippen LogP contribution is 2.21. The van der Waals surface area contributed by atoms with Crippen molar-refractivity contribution in [1.82, 2.24) is 14.9 Å². The molecule has 2 heterocycles. The van der Waals surface area contributed by atoms with E-state index in [-0.39, 0.29) is 18.5 Å². The number of hydrogen-bond acceptors (Lipinski definition) is 12. The first-order chi connectivity index (χ1) is 16.0. The standard InChI is InChI=1S/C21H31N9O3/c1-2-32-18(31)14-33-16-5-3-15(4-6-16)30-11-9-29(10-12-30)8-7-25-19-17(13-22)20(28-24)27-21(23)26-19/h3-6,13,22H,2,7-12,14,24H2,1H3,(H4,23,25,26,27,28). The van der Waals surface area contributed by atoms with Crippen LogP contribution in [-0.2, 0) is 9.53 Å². The van der Waals surface area contributed by atoms with Crippen LogP contribution in [0, 0.1) is 5.41 Å². The Morgan fingerprint density at radius 2 is 1.88 bits per heavy atom. The van der Waals surface area contributed by atoms with Crippen molar-refractivity contribution >= 4 is 35.5 Å². The first-order valence-electron chi connectivity index (χ1n) is 10.8. The van der Waals surface area contributed by atoms with E-state index in [0.717, 1.165) is 44.6 Å². The molecule has 33 heavy (non-hydrogen) atoms. The number of nitrogens with zero attached hydrogens (tertiary/aromatic N) is 4. The maximum atomic E-state index is 11.4. The smallest absolute Gasteiger partial charge is 0.344 e. The maximum absolute atomic E-state index is 11.4. The van der Waals surface area contributed by atoms with Crippen molar-refractivity contribution in [2.45, 2.75) is 6.92 Å². The molecule has 12 nitrogen and oxygen atoms in total. The van der Waals surface area contributed by atoms with Crippen LogP contribution < -0.4 is 32.0 Å². The van der Waals surface area contributed by atoms with E-state index >= 15 is 0 Å². The molecule has 1 aromatic carbocycles. The van der Waals surface area contributed by atoms with Gasteiger partial charge in [0.1, 0.15) is 11.6 Å². The fraction of sp³-hybridized carbons (Fsp3) is 0.429. The lowest BCUT2D eigenvalue weighted by Crippen LogP contribution is -2.47. The van der Waals surface area contributed by atoms with Gasteiger partial charge in [0.25, 0.3) is 0 Å². The molecule has 0 atom stereocenters. The topological polar surface area (TPSA) is 168 Å². The summed E-state index contributed by atoms with van der Waals surface area (Å²) in [5.74, 6) is 6.59. The Bertz CT molecular complexity index is 931. The summed E-state index contributed by atoms with van der Waals surface area (Å²) in [5, 5.41) is 10.8. The van der Waals surface area contributed by atoms with Crippen molar-refractivity contribution in [2.24, 2.45) is 5.84 Å². The minimum absolute atomic E-state index is 0.0852. The summed E-state index contributed by atoms with van der Waals surface area (Å²) in [6.45, 7) is 7.12. The second-order valence-electron chi connectivity index (χ2n) is 7.32. The van der Waals surface area contributed by atoms with Gasteiger partial charge in [-0.1, -0.05) is 0 Å². The zero-order valence-corrected chi connectivity index (χ0v) is 18.7. The van der Waals surface area contributed by atoms with Crippen molar-refractivity contribution in [3.05, 3.63) is 29.8 Å². The van der Waals surface area contributed by atoms with Crippen LogP contribution in [0.2, 0.25) is 0 Å². The van der Waals surface area contributed by atoms with E-state index in [1.54, 1.807) is 6.92 Å². The maximum Gasteiger partial charge on any atom is 0.344 e. The molecule has 178 valence electrons. The van der Waals surface area contributed by atoms with Crippen molar-refractivity contribution in [3.63, 3.8) is 0 Å². The van der Waals surface area contributed by atoms with Gasteiger partial charge in [-0.05, 0) is 31.2 Å². The highest BCUT2D eigenvalue weighted by Gasteiger charge is 2.18. The number of piperazine rings is 1. The third-order valence-corrected chi connectivity index (χ3v) is 5.20. The van der Waals surface area contributed by atoms with E-state index in [1.807, 2.05) is 24.3 Å². The molecule has 1 aliphatic heterocycles. The summed E-state index contributed by atoms with van der Waals surface area (Å²) < 4.78 is 10.3. The molecule has 1 aromatic heterocycles. The molecule has 0 bridgehead atoms. The number of benzene rings is 1. The molecule has 0 saturated carbocycles. The Kier molecular flexibility index (Phi) is 8.61. The predicted molar refractivity (Wildman–Crippen MR) is 128 cm³/mol. The van der Waals surface area contributed by atoms with Crippen LogP contribution >= 0.6 is 0 Å². The summed E-state index contributed by atoms with van der Waals surface area (Å²) in [4.78, 5) is 24.2. The van der Waals surface area contributed by atoms with Crippen LogP contribution in [0.25, 0.3) is 0 Å². The predicted octanol–water partition coefficient (Wildman–Crippen LogP) is 0.518. The Morgan fingerprint density at radius 3 is 2.52 bits per heavy atom. The normalized spacial score (nSPS) is 13.9. The number of nitrogens with one attached hydrogen (secondary N) is 3. The van der Waals surface area contributed by atoms with Crippen molar-refractivity contribution in [2.75, 3.05) is 73.9 Å². The zero-order chi connectivity index (χ0) is 23.6. The van der Waals surface area contributed by atoms with Crippen LogP contribution in [0.1, 0.15) is 12.5 Å². The second-order valence-corrected chi connectivity index (χ2v) is 7.32. The number of ether oxygens (including phenoxy) is 2. The summed E-state index contributed by atoms with van der Waals surface area (Å²) in [6.07, 6.45) is 1.14. The van der Waals surface area contributed by atoms with E-state index in [1.165, 1.54) is 0 Å². The number of esters is 1. The molecule has 0 aliphatic carbocycles. The number of nitrogens with two attached hydrogens (primary N) is 2. The third kappa shape index (κ3) is 6.67. The number of carbonyl (C=O) groups excluding carboxylic acids is 1. The SMILES string of the molecule is CCOC(=O)COc1ccc(N2CCN(CCNc3nc(N)nc(NN)c3C=N)CC2)cc1. The summed E-state index contributed by atoms with van der Waals surface area (Å²) in [5.41, 5.74) is 9.74. The van der Waals surface area contributed by atoms with Gasteiger partial charge >= 0.3 is 5.97 Å². The fourth-order valence-electron chi connectivity index (χ4n) is 3.53. The second kappa shape index (κ2) is 11.8. The molecule has 0 radical (unpaired) electrons. The number of hydrazine groups is 1. The number of hydrogen-bond donors (Lipinski definition) is 5. The van der Waals surface area contributed by atoms with E-state index in [4.69, 9.17) is 26.5 Å². The molecule has 1 aliphatic rings. The highest BCUT2D eigenvalue weighted by molar-refractivity contribution is 5.91. The van der Waals surface area contributed by atoms with Gasteiger partial charge in [-0.2, -0.15) is 9.97 Å². The van der Waals surface area contributed by atoms with Gasteiger partial charge in [-0.3, -0.25) is 4.90 Å². The van der Waals surface area contributed by atoms with Crippen LogP contribution in [-0.4, -0.2) is 79.5 Å². The molecule has 12 heteroatoms. The van der Waals surface area contributed by atoms with Crippen molar-refractivity contribution < 1.29 is 14.3 Å². The molecule has 7 N–H and O–H groups in total. The molecule has 0 amide bonds. The number of anilines is 4. The summed E-state index contributed by atoms with van der Waals surface area (Å²) in [7, 11) is 0. The number of nitrogen functional groups attached to an aromatic ring is 2. The number of aromatic nitrogens is 2. The molecular formula is C21H31N9O3. The van der Waals surface area contributed by atoms with Crippen molar-refractivity contribution in [1.29, 1.82) is 5.41 Å². The number of rotatable bonds is 11. The van der Waals surface area contributed by atoms with Gasteiger partial charge in [0.2, 0.25) is 5.95 Å². The van der Waals surface area contributed by atoms with Gasteiger partial charge in [-0.25, -0.2) is 10.6 Å². The van der Waals surface area contributed by atoms with E-state index < -0.39 is 0 Å². The lowest BCUT2D eigenvalue weighted by Gasteiger charge is -2.36. The molecule has 1 saturated heterocycles. The minimum atomic E-state index is -0.374. The van der Waals surface area contributed by atoms with Crippen molar-refractivity contribution in [3.8, 4) is 5.75 Å². The Morgan fingerprint density at radius 1 is 1.18 bits per heavy atom. The fourth-order valence-corrected chi connectivity index (χ4v) is 3.53. The van der Waals surface area contributed by atoms with Gasteiger partial charge < -0.3 is 36.3 Å². The van der Waals surface area contributed by atoms with Gasteiger partial charge in [-0.15, -0.1) is 0 Å². The Labute approximate surface area is 192 Å². The van der Waals surface area contributed by atoms with E-state index in [9.17, 15) is 4.79 Å². The monoisotopic (exact) mass is 457 g/mol. The molecular weight excluding hydrogens is 426 g/mol. The Hall–Kier alpha value is -3.64. The van der Waals surface area contributed by atoms with Crippen LogP contribution in [0.4, 0.5) is 23.3 Å². The molecule has 1 fully saturated rings.